The molecule has 0 radical (unpaired) electrons. The van der Waals surface area contributed by atoms with Gasteiger partial charge in [-0.25, -0.2) is 0 Å². The molecule has 0 bridgehead atoms. The first-order valence-corrected chi connectivity index (χ1v) is 8.09. The van der Waals surface area contributed by atoms with E-state index in [2.05, 4.69) is 25.3 Å². The molecule has 134 valence electrons. The highest BCUT2D eigenvalue weighted by atomic mass is 35.5. The molecule has 4 rings (SSSR count). The summed E-state index contributed by atoms with van der Waals surface area (Å²) in [7, 11) is 0. The zero-order valence-corrected chi connectivity index (χ0v) is 15.0. The molecule has 3 aromatic rings. The Bertz CT molecular complexity index is 820. The highest BCUT2D eigenvalue weighted by Crippen LogP contribution is 2.24. The number of furan rings is 1. The number of H-pyrrole nitrogens is 1. The van der Waals surface area contributed by atoms with Crippen molar-refractivity contribution in [1.82, 2.24) is 19.9 Å². The van der Waals surface area contributed by atoms with Gasteiger partial charge in [-0.3, -0.25) is 0 Å². The molecule has 3 aromatic heterocycles. The van der Waals surface area contributed by atoms with Gasteiger partial charge in [0.05, 0.1) is 18.9 Å². The van der Waals surface area contributed by atoms with Gasteiger partial charge in [0, 0.05) is 6.61 Å². The van der Waals surface area contributed by atoms with E-state index < -0.39 is 0 Å². The van der Waals surface area contributed by atoms with Crippen LogP contribution in [0.3, 0.4) is 0 Å². The number of anilines is 1. The lowest BCUT2D eigenvalue weighted by molar-refractivity contribution is 0.0650. The van der Waals surface area contributed by atoms with Gasteiger partial charge in [-0.15, -0.1) is 0 Å². The molecular formula is C15H18ClN5O3S. The van der Waals surface area contributed by atoms with E-state index in [1.54, 1.807) is 6.26 Å². The Morgan fingerprint density at radius 2 is 2.28 bits per heavy atom. The number of imidazole rings is 1. The maximum atomic E-state index is 5.97. The molecule has 1 aliphatic rings. The summed E-state index contributed by atoms with van der Waals surface area (Å²) in [6.07, 6.45) is 3.80. The summed E-state index contributed by atoms with van der Waals surface area (Å²) in [4.78, 5) is 15.7. The van der Waals surface area contributed by atoms with E-state index >= 15 is 0 Å². The van der Waals surface area contributed by atoms with Crippen molar-refractivity contribution in [1.29, 1.82) is 0 Å². The fourth-order valence-corrected chi connectivity index (χ4v) is 2.74. The zero-order chi connectivity index (χ0) is 16.4. The number of halogens is 1. The van der Waals surface area contributed by atoms with E-state index in [4.69, 9.17) is 25.5 Å². The van der Waals surface area contributed by atoms with Gasteiger partial charge in [-0.05, 0) is 36.6 Å². The molecule has 0 saturated carbocycles. The molecule has 2 N–H and O–H groups in total. The van der Waals surface area contributed by atoms with Crippen molar-refractivity contribution in [3.8, 4) is 6.01 Å². The molecule has 1 atom stereocenters. The van der Waals surface area contributed by atoms with Gasteiger partial charge < -0.3 is 24.2 Å². The summed E-state index contributed by atoms with van der Waals surface area (Å²) in [5.74, 6) is 1.33. The second kappa shape index (κ2) is 7.94. The average Bonchev–Trinajstić information content (AvgIpc) is 3.31. The van der Waals surface area contributed by atoms with Crippen molar-refractivity contribution in [2.24, 2.45) is 0 Å². The van der Waals surface area contributed by atoms with Crippen LogP contribution in [0.2, 0.25) is 5.28 Å². The van der Waals surface area contributed by atoms with Crippen LogP contribution in [0.5, 0.6) is 6.01 Å². The quantitative estimate of drug-likeness (QED) is 0.631. The largest absolute Gasteiger partial charge is 0.467 e. The van der Waals surface area contributed by atoms with Crippen LogP contribution in [0.4, 0.5) is 5.82 Å². The Balaban J connectivity index is 0.00000182. The fourth-order valence-electron chi connectivity index (χ4n) is 2.58. The normalized spacial score (nSPS) is 16.8. The number of aromatic nitrogens is 4. The zero-order valence-electron chi connectivity index (χ0n) is 13.3. The van der Waals surface area contributed by atoms with Crippen molar-refractivity contribution in [3.05, 3.63) is 29.4 Å². The number of nitrogens with zero attached hydrogens (tertiary/aromatic N) is 3. The third kappa shape index (κ3) is 4.17. The van der Waals surface area contributed by atoms with Crippen LogP contribution in [0.25, 0.3) is 11.2 Å². The molecule has 0 aliphatic carbocycles. The first-order chi connectivity index (χ1) is 11.8. The van der Waals surface area contributed by atoms with E-state index in [1.807, 2.05) is 12.1 Å². The number of hydrogen-bond acceptors (Lipinski definition) is 7. The van der Waals surface area contributed by atoms with E-state index in [9.17, 15) is 0 Å². The summed E-state index contributed by atoms with van der Waals surface area (Å²) in [6, 6.07) is 4.07. The van der Waals surface area contributed by atoms with Gasteiger partial charge in [0.1, 0.15) is 17.9 Å². The lowest BCUT2D eigenvalue weighted by atomic mass is 10.2. The second-order valence-corrected chi connectivity index (χ2v) is 5.80. The molecule has 1 fully saturated rings. The van der Waals surface area contributed by atoms with E-state index in [-0.39, 0.29) is 24.9 Å². The number of fused-ring (bicyclic) bond motifs is 1. The number of hydrogen-bond donors (Lipinski definition) is 2. The monoisotopic (exact) mass is 383 g/mol. The van der Waals surface area contributed by atoms with Gasteiger partial charge in [0.2, 0.25) is 5.28 Å². The van der Waals surface area contributed by atoms with Crippen molar-refractivity contribution in [2.45, 2.75) is 25.5 Å². The predicted octanol–water partition coefficient (Wildman–Crippen LogP) is 2.88. The molecule has 0 unspecified atom stereocenters. The van der Waals surface area contributed by atoms with Crippen LogP contribution in [0, 0.1) is 0 Å². The molecular weight excluding hydrogens is 366 g/mol. The van der Waals surface area contributed by atoms with E-state index in [0.717, 1.165) is 25.2 Å². The number of rotatable bonds is 6. The molecule has 0 aromatic carbocycles. The van der Waals surface area contributed by atoms with Crippen LogP contribution in [0.15, 0.2) is 22.8 Å². The minimum atomic E-state index is 0. The Kier molecular flexibility index (Phi) is 5.67. The molecule has 4 heterocycles. The van der Waals surface area contributed by atoms with Crippen LogP contribution in [0.1, 0.15) is 18.6 Å². The van der Waals surface area contributed by atoms with Crippen LogP contribution in [-0.2, 0) is 11.3 Å². The minimum Gasteiger partial charge on any atom is -0.467 e. The van der Waals surface area contributed by atoms with Gasteiger partial charge >= 0.3 is 0 Å². The van der Waals surface area contributed by atoms with Crippen molar-refractivity contribution >= 4 is 42.1 Å². The van der Waals surface area contributed by atoms with E-state index in [1.165, 1.54) is 0 Å². The molecule has 1 saturated heterocycles. The Labute approximate surface area is 155 Å². The fraction of sp³-hybridized carbons (Fsp3) is 0.400. The number of ether oxygens (including phenoxy) is 2. The van der Waals surface area contributed by atoms with Crippen LogP contribution < -0.4 is 10.1 Å². The molecule has 0 amide bonds. The number of nitrogens with one attached hydrogen (secondary N) is 2. The third-order valence-electron chi connectivity index (χ3n) is 3.74. The summed E-state index contributed by atoms with van der Waals surface area (Å²) >= 11 is 5.97. The number of aromatic amines is 1. The smallest absolute Gasteiger partial charge is 0.296 e. The lowest BCUT2D eigenvalue weighted by Gasteiger charge is -2.08. The van der Waals surface area contributed by atoms with E-state index in [0.29, 0.717) is 36.1 Å². The Morgan fingerprint density at radius 1 is 1.36 bits per heavy atom. The maximum Gasteiger partial charge on any atom is 0.296 e. The molecule has 1 aliphatic heterocycles. The van der Waals surface area contributed by atoms with Crippen molar-refractivity contribution < 1.29 is 13.9 Å². The Hall–Kier alpha value is -1.97. The molecule has 25 heavy (non-hydrogen) atoms. The Morgan fingerprint density at radius 3 is 3.04 bits per heavy atom. The molecule has 8 nitrogen and oxygen atoms in total. The van der Waals surface area contributed by atoms with Crippen molar-refractivity contribution in [2.75, 3.05) is 18.5 Å². The van der Waals surface area contributed by atoms with Gasteiger partial charge in [0.25, 0.3) is 6.01 Å². The summed E-state index contributed by atoms with van der Waals surface area (Å²) in [6.45, 7) is 1.72. The van der Waals surface area contributed by atoms with Crippen LogP contribution >= 0.6 is 25.1 Å². The lowest BCUT2D eigenvalue weighted by Crippen LogP contribution is -2.16. The van der Waals surface area contributed by atoms with Gasteiger partial charge in [0.15, 0.2) is 11.5 Å². The van der Waals surface area contributed by atoms with Gasteiger partial charge in [-0.2, -0.15) is 28.4 Å². The maximum absolute atomic E-state index is 5.97. The predicted molar refractivity (Wildman–Crippen MR) is 97.6 cm³/mol. The van der Waals surface area contributed by atoms with Crippen LogP contribution in [-0.4, -0.2) is 39.3 Å². The van der Waals surface area contributed by atoms with Gasteiger partial charge in [-0.1, -0.05) is 0 Å². The topological polar surface area (TPSA) is 98.1 Å². The highest BCUT2D eigenvalue weighted by Gasteiger charge is 2.18. The third-order valence-corrected chi connectivity index (χ3v) is 3.91. The average molecular weight is 384 g/mol. The SMILES string of the molecule is Clc1nc(NCc2ccco2)c2[nH]c(OC[C@@H]3CCCO3)nc2n1.S. The first kappa shape index (κ1) is 17.8. The first-order valence-electron chi connectivity index (χ1n) is 7.72. The molecule has 0 spiro atoms. The molecule has 10 heteroatoms. The second-order valence-electron chi connectivity index (χ2n) is 5.46. The highest BCUT2D eigenvalue weighted by molar-refractivity contribution is 7.59. The minimum absolute atomic E-state index is 0. The standard InChI is InChI=1S/C15H16ClN5O3.H2S/c16-14-19-12(17-7-9-3-1-5-22-9)11-13(20-14)21-15(18-11)24-8-10-4-2-6-23-10;/h1,3,5,10H,2,4,6-8H2,(H2,17,18,19,20,21);1H2/t10-;/m0./s1. The van der Waals surface area contributed by atoms with Crippen molar-refractivity contribution in [3.63, 3.8) is 0 Å². The summed E-state index contributed by atoms with van der Waals surface area (Å²) in [5.41, 5.74) is 1.08. The summed E-state index contributed by atoms with van der Waals surface area (Å²) in [5, 5.41) is 3.27. The summed E-state index contributed by atoms with van der Waals surface area (Å²) < 4.78 is 16.5.